The molecule has 6 nitrogen and oxygen atoms in total. The minimum atomic E-state index is -0.440. The summed E-state index contributed by atoms with van der Waals surface area (Å²) in [7, 11) is 0. The monoisotopic (exact) mass is 300 g/mol. The lowest BCUT2D eigenvalue weighted by molar-refractivity contribution is -0.130. The predicted molar refractivity (Wildman–Crippen MR) is 83.6 cm³/mol. The number of hydrogen-bond acceptors (Lipinski definition) is 3. The molecule has 2 heterocycles. The second kappa shape index (κ2) is 5.44. The van der Waals surface area contributed by atoms with Gasteiger partial charge in [-0.05, 0) is 39.3 Å². The van der Waals surface area contributed by atoms with Gasteiger partial charge in [0.2, 0.25) is 5.91 Å². The van der Waals surface area contributed by atoms with E-state index in [-0.39, 0.29) is 17.9 Å². The van der Waals surface area contributed by atoms with E-state index in [9.17, 15) is 9.59 Å². The van der Waals surface area contributed by atoms with Crippen molar-refractivity contribution in [3.63, 3.8) is 0 Å². The van der Waals surface area contributed by atoms with Gasteiger partial charge in [-0.2, -0.15) is 0 Å². The van der Waals surface area contributed by atoms with Crippen LogP contribution in [0.3, 0.4) is 0 Å². The molecule has 0 radical (unpaired) electrons. The Balaban J connectivity index is 1.81. The molecule has 0 spiro atoms. The molecule has 1 aliphatic heterocycles. The molecular formula is C16H20N4O2. The highest BCUT2D eigenvalue weighted by Crippen LogP contribution is 2.18. The second-order valence-corrected chi connectivity index (χ2v) is 5.96. The third kappa shape index (κ3) is 2.45. The van der Waals surface area contributed by atoms with Crippen LogP contribution in [0.5, 0.6) is 0 Å². The van der Waals surface area contributed by atoms with Crippen molar-refractivity contribution in [2.24, 2.45) is 0 Å². The normalized spacial score (nSPS) is 18.5. The van der Waals surface area contributed by atoms with Gasteiger partial charge >= 0.3 is 0 Å². The van der Waals surface area contributed by atoms with E-state index in [2.05, 4.69) is 15.3 Å². The predicted octanol–water partition coefficient (Wildman–Crippen LogP) is 1.61. The van der Waals surface area contributed by atoms with Crippen molar-refractivity contribution in [1.82, 2.24) is 20.2 Å². The van der Waals surface area contributed by atoms with Gasteiger partial charge in [-0.1, -0.05) is 6.07 Å². The lowest BCUT2D eigenvalue weighted by atomic mass is 10.1. The number of imidazole rings is 1. The van der Waals surface area contributed by atoms with E-state index in [0.717, 1.165) is 11.3 Å². The molecule has 1 unspecified atom stereocenters. The van der Waals surface area contributed by atoms with Crippen LogP contribution < -0.4 is 5.32 Å². The number of carbonyl (C=O) groups is 2. The lowest BCUT2D eigenvalue weighted by Gasteiger charge is -2.21. The maximum absolute atomic E-state index is 12.5. The maximum Gasteiger partial charge on any atom is 0.254 e. The Kier molecular flexibility index (Phi) is 3.60. The molecule has 3 rings (SSSR count). The summed E-state index contributed by atoms with van der Waals surface area (Å²) in [5, 5.41) is 2.85. The number of nitrogens with zero attached hydrogens (tertiary/aromatic N) is 2. The fourth-order valence-corrected chi connectivity index (χ4v) is 2.92. The molecule has 2 amide bonds. The molecule has 0 aliphatic carbocycles. The van der Waals surface area contributed by atoms with Crippen molar-refractivity contribution in [3.05, 3.63) is 29.6 Å². The highest BCUT2D eigenvalue weighted by molar-refractivity contribution is 6.06. The van der Waals surface area contributed by atoms with Crippen LogP contribution in [0.2, 0.25) is 0 Å². The maximum atomic E-state index is 12.5. The van der Waals surface area contributed by atoms with Crippen LogP contribution in [0.1, 0.15) is 36.5 Å². The van der Waals surface area contributed by atoms with Crippen LogP contribution in [-0.4, -0.2) is 45.3 Å². The van der Waals surface area contributed by atoms with Crippen LogP contribution >= 0.6 is 0 Å². The topological polar surface area (TPSA) is 78.1 Å². The Bertz CT molecular complexity index is 735. The van der Waals surface area contributed by atoms with Gasteiger partial charge in [0, 0.05) is 12.6 Å². The molecule has 2 aromatic rings. The summed E-state index contributed by atoms with van der Waals surface area (Å²) >= 11 is 0. The molecule has 0 bridgehead atoms. The van der Waals surface area contributed by atoms with E-state index in [1.165, 1.54) is 0 Å². The Hall–Kier alpha value is -2.37. The van der Waals surface area contributed by atoms with Crippen molar-refractivity contribution >= 4 is 22.8 Å². The standard InChI is InChI=1S/C16H20N4O2/c1-9(2)20-8-7-13(16(20)22)19-15(21)11-5-4-6-12-14(11)18-10(3)17-12/h4-6,9,13H,7-8H2,1-3H3,(H,17,18)(H,19,21). The molecule has 1 aliphatic rings. The average Bonchev–Trinajstić information content (AvgIpc) is 3.01. The van der Waals surface area contributed by atoms with E-state index >= 15 is 0 Å². The zero-order valence-corrected chi connectivity index (χ0v) is 13.0. The summed E-state index contributed by atoms with van der Waals surface area (Å²) < 4.78 is 0. The van der Waals surface area contributed by atoms with Crippen LogP contribution in [0.25, 0.3) is 11.0 Å². The Morgan fingerprint density at radius 1 is 1.45 bits per heavy atom. The average molecular weight is 300 g/mol. The number of aromatic amines is 1. The number of para-hydroxylation sites is 1. The van der Waals surface area contributed by atoms with Gasteiger partial charge in [0.15, 0.2) is 0 Å². The Morgan fingerprint density at radius 3 is 2.91 bits per heavy atom. The first-order valence-electron chi connectivity index (χ1n) is 7.54. The van der Waals surface area contributed by atoms with Crippen molar-refractivity contribution in [3.8, 4) is 0 Å². The highest BCUT2D eigenvalue weighted by atomic mass is 16.2. The largest absolute Gasteiger partial charge is 0.342 e. The van der Waals surface area contributed by atoms with Crippen molar-refractivity contribution in [1.29, 1.82) is 0 Å². The van der Waals surface area contributed by atoms with E-state index in [0.29, 0.717) is 24.0 Å². The van der Waals surface area contributed by atoms with Gasteiger partial charge in [-0.3, -0.25) is 9.59 Å². The van der Waals surface area contributed by atoms with Crippen molar-refractivity contribution in [2.75, 3.05) is 6.54 Å². The molecule has 116 valence electrons. The van der Waals surface area contributed by atoms with Gasteiger partial charge in [-0.15, -0.1) is 0 Å². The fraction of sp³-hybridized carbons (Fsp3) is 0.438. The van der Waals surface area contributed by atoms with E-state index in [4.69, 9.17) is 0 Å². The SMILES string of the molecule is Cc1nc2c(C(=O)NC3CCN(C(C)C)C3=O)cccc2[nH]1. The van der Waals surface area contributed by atoms with Gasteiger partial charge in [-0.25, -0.2) is 4.98 Å². The summed E-state index contributed by atoms with van der Waals surface area (Å²) in [5.41, 5.74) is 1.97. The lowest BCUT2D eigenvalue weighted by Crippen LogP contribution is -2.43. The number of likely N-dealkylation sites (tertiary alicyclic amines) is 1. The zero-order valence-electron chi connectivity index (χ0n) is 13.0. The molecule has 2 N–H and O–H groups in total. The number of carbonyl (C=O) groups excluding carboxylic acids is 2. The smallest absolute Gasteiger partial charge is 0.254 e. The first kappa shape index (κ1) is 14.6. The number of aryl methyl sites for hydroxylation is 1. The summed E-state index contributed by atoms with van der Waals surface area (Å²) in [5.74, 6) is 0.507. The number of amides is 2. The molecule has 1 aromatic carbocycles. The molecular weight excluding hydrogens is 280 g/mol. The summed E-state index contributed by atoms with van der Waals surface area (Å²) in [6.07, 6.45) is 0.651. The Morgan fingerprint density at radius 2 is 2.23 bits per heavy atom. The van der Waals surface area contributed by atoms with Crippen molar-refractivity contribution < 1.29 is 9.59 Å². The van der Waals surface area contributed by atoms with Crippen LogP contribution in [0, 0.1) is 6.92 Å². The van der Waals surface area contributed by atoms with E-state index in [1.54, 1.807) is 11.0 Å². The van der Waals surface area contributed by atoms with Gasteiger partial charge < -0.3 is 15.2 Å². The number of nitrogens with one attached hydrogen (secondary N) is 2. The number of rotatable bonds is 3. The fourth-order valence-electron chi connectivity index (χ4n) is 2.92. The van der Waals surface area contributed by atoms with Crippen LogP contribution in [0.4, 0.5) is 0 Å². The van der Waals surface area contributed by atoms with Gasteiger partial charge in [0.1, 0.15) is 17.4 Å². The molecule has 1 atom stereocenters. The Labute approximate surface area is 128 Å². The minimum Gasteiger partial charge on any atom is -0.342 e. The zero-order chi connectivity index (χ0) is 15.9. The molecule has 1 fully saturated rings. The van der Waals surface area contributed by atoms with E-state index in [1.807, 2.05) is 32.9 Å². The first-order valence-corrected chi connectivity index (χ1v) is 7.54. The third-order valence-corrected chi connectivity index (χ3v) is 4.04. The minimum absolute atomic E-state index is 0.00580. The second-order valence-electron chi connectivity index (χ2n) is 5.96. The number of H-pyrrole nitrogens is 1. The summed E-state index contributed by atoms with van der Waals surface area (Å²) in [4.78, 5) is 34.0. The van der Waals surface area contributed by atoms with Gasteiger partial charge in [0.25, 0.3) is 5.91 Å². The molecule has 1 aromatic heterocycles. The number of fused-ring (bicyclic) bond motifs is 1. The molecule has 22 heavy (non-hydrogen) atoms. The third-order valence-electron chi connectivity index (χ3n) is 4.04. The van der Waals surface area contributed by atoms with E-state index < -0.39 is 6.04 Å². The highest BCUT2D eigenvalue weighted by Gasteiger charge is 2.34. The molecule has 1 saturated heterocycles. The first-order chi connectivity index (χ1) is 10.5. The van der Waals surface area contributed by atoms with Crippen LogP contribution in [0.15, 0.2) is 18.2 Å². The molecule has 0 saturated carbocycles. The molecule has 6 heteroatoms. The number of aromatic nitrogens is 2. The number of benzene rings is 1. The van der Waals surface area contributed by atoms with Crippen LogP contribution in [-0.2, 0) is 4.79 Å². The summed E-state index contributed by atoms with van der Waals surface area (Å²) in [6, 6.07) is 5.15. The number of hydrogen-bond donors (Lipinski definition) is 2. The quantitative estimate of drug-likeness (QED) is 0.904. The summed E-state index contributed by atoms with van der Waals surface area (Å²) in [6.45, 7) is 6.50. The van der Waals surface area contributed by atoms with Crippen molar-refractivity contribution in [2.45, 2.75) is 39.3 Å². The van der Waals surface area contributed by atoms with Gasteiger partial charge in [0.05, 0.1) is 11.1 Å².